The molecule has 12 heavy (non-hydrogen) atoms. The van der Waals surface area contributed by atoms with Crippen LogP contribution in [0.5, 0.6) is 0 Å². The van der Waals surface area contributed by atoms with Crippen LogP contribution in [0.2, 0.25) is 0 Å². The summed E-state index contributed by atoms with van der Waals surface area (Å²) in [5, 5.41) is 1.29. The number of rotatable bonds is 0. The summed E-state index contributed by atoms with van der Waals surface area (Å²) >= 11 is 0. The highest BCUT2D eigenvalue weighted by molar-refractivity contribution is 5.71. The normalized spacial score (nSPS) is 49.8. The predicted molar refractivity (Wildman–Crippen MR) is 41.0 cm³/mol. The molecule has 3 aliphatic rings. The molecule has 3 atom stereocenters. The molecule has 0 aromatic carbocycles. The van der Waals surface area contributed by atoms with Crippen LogP contribution in [0, 0.1) is 5.92 Å². The molecule has 0 aromatic heterocycles. The fourth-order valence-electron chi connectivity index (χ4n) is 3.06. The van der Waals surface area contributed by atoms with Crippen molar-refractivity contribution in [1.29, 1.82) is 0 Å². The summed E-state index contributed by atoms with van der Waals surface area (Å²) in [6.07, 6.45) is 3.97. The standard InChI is InChI=1S/C8H12N2O2/c9-10-6-3-5-1-2-8(6,4-5)12-7(10)11/h5-6H,1-4,9H2/t5-,6-,8+/m1/s1. The molecule has 3 rings (SSSR count). The first-order valence-electron chi connectivity index (χ1n) is 4.48. The summed E-state index contributed by atoms with van der Waals surface area (Å²) in [5.74, 6) is 6.35. The number of nitrogens with two attached hydrogens (primary N) is 1. The van der Waals surface area contributed by atoms with Crippen LogP contribution in [0.3, 0.4) is 0 Å². The topological polar surface area (TPSA) is 55.6 Å². The molecular weight excluding hydrogens is 156 g/mol. The van der Waals surface area contributed by atoms with Crippen LogP contribution < -0.4 is 5.84 Å². The Morgan fingerprint density at radius 2 is 2.50 bits per heavy atom. The molecular formula is C8H12N2O2. The molecule has 1 aliphatic heterocycles. The molecule has 4 heteroatoms. The van der Waals surface area contributed by atoms with Gasteiger partial charge in [0.25, 0.3) is 0 Å². The van der Waals surface area contributed by atoms with Crippen molar-refractivity contribution < 1.29 is 9.53 Å². The van der Waals surface area contributed by atoms with Gasteiger partial charge in [-0.2, -0.15) is 0 Å². The first-order valence-corrected chi connectivity index (χ1v) is 4.48. The molecule has 0 radical (unpaired) electrons. The lowest BCUT2D eigenvalue weighted by Crippen LogP contribution is -2.45. The number of nitrogens with zero attached hydrogens (tertiary/aromatic N) is 1. The SMILES string of the molecule is NN1C(=O)O[C@]23CC[C@H](C[C@@H]12)C3. The van der Waals surface area contributed by atoms with Crippen molar-refractivity contribution in [1.82, 2.24) is 5.01 Å². The second kappa shape index (κ2) is 1.76. The van der Waals surface area contributed by atoms with Crippen molar-refractivity contribution in [2.24, 2.45) is 11.8 Å². The summed E-state index contributed by atoms with van der Waals surface area (Å²) < 4.78 is 5.34. The molecule has 66 valence electrons. The number of ether oxygens (including phenoxy) is 1. The number of amides is 1. The minimum absolute atomic E-state index is 0.170. The first-order chi connectivity index (χ1) is 5.71. The molecule has 3 fully saturated rings. The summed E-state index contributed by atoms with van der Waals surface area (Å²) in [4.78, 5) is 11.1. The highest BCUT2D eigenvalue weighted by Gasteiger charge is 2.62. The molecule has 1 amide bonds. The van der Waals surface area contributed by atoms with Gasteiger partial charge < -0.3 is 4.74 Å². The van der Waals surface area contributed by atoms with Crippen molar-refractivity contribution in [2.45, 2.75) is 37.3 Å². The third-order valence-corrected chi connectivity index (χ3v) is 3.61. The molecule has 1 heterocycles. The van der Waals surface area contributed by atoms with Crippen LogP contribution in [0.15, 0.2) is 0 Å². The van der Waals surface area contributed by atoms with Crippen molar-refractivity contribution in [3.8, 4) is 0 Å². The molecule has 0 aromatic rings. The Morgan fingerprint density at radius 3 is 3.17 bits per heavy atom. The van der Waals surface area contributed by atoms with Crippen molar-refractivity contribution in [3.63, 3.8) is 0 Å². The van der Waals surface area contributed by atoms with Crippen LogP contribution >= 0.6 is 0 Å². The largest absolute Gasteiger partial charge is 0.440 e. The van der Waals surface area contributed by atoms with Gasteiger partial charge in [0.1, 0.15) is 5.60 Å². The Hall–Kier alpha value is -0.770. The number of carbonyl (C=O) groups excluding carboxylic acids is 1. The van der Waals surface area contributed by atoms with E-state index in [0.717, 1.165) is 25.2 Å². The van der Waals surface area contributed by atoms with E-state index in [-0.39, 0.29) is 17.7 Å². The van der Waals surface area contributed by atoms with Crippen molar-refractivity contribution in [3.05, 3.63) is 0 Å². The second-order valence-corrected chi connectivity index (χ2v) is 4.20. The van der Waals surface area contributed by atoms with Crippen LogP contribution in [0.25, 0.3) is 0 Å². The summed E-state index contributed by atoms with van der Waals surface area (Å²) in [7, 11) is 0. The number of hydrogen-bond acceptors (Lipinski definition) is 3. The van der Waals surface area contributed by atoms with E-state index < -0.39 is 0 Å². The molecule has 0 unspecified atom stereocenters. The van der Waals surface area contributed by atoms with E-state index >= 15 is 0 Å². The van der Waals surface area contributed by atoms with Gasteiger partial charge in [-0.25, -0.2) is 15.6 Å². The average molecular weight is 168 g/mol. The number of hydrogen-bond donors (Lipinski definition) is 1. The molecule has 2 aliphatic carbocycles. The summed E-state index contributed by atoms with van der Waals surface area (Å²) in [6, 6.07) is 0.170. The van der Waals surface area contributed by atoms with Gasteiger partial charge in [0.05, 0.1) is 6.04 Å². The van der Waals surface area contributed by atoms with Gasteiger partial charge in [0, 0.05) is 0 Å². The Morgan fingerprint density at radius 1 is 1.67 bits per heavy atom. The average Bonchev–Trinajstić information content (AvgIpc) is 2.63. The van der Waals surface area contributed by atoms with E-state index in [1.165, 1.54) is 11.4 Å². The van der Waals surface area contributed by atoms with Gasteiger partial charge in [0.15, 0.2) is 0 Å². The molecule has 2 bridgehead atoms. The van der Waals surface area contributed by atoms with E-state index in [1.807, 2.05) is 0 Å². The summed E-state index contributed by atoms with van der Waals surface area (Å²) in [5.41, 5.74) is -0.184. The van der Waals surface area contributed by atoms with Gasteiger partial charge >= 0.3 is 6.09 Å². The van der Waals surface area contributed by atoms with Crippen LogP contribution in [0.1, 0.15) is 25.7 Å². The number of carbonyl (C=O) groups is 1. The van der Waals surface area contributed by atoms with Gasteiger partial charge in [0.2, 0.25) is 0 Å². The quantitative estimate of drug-likeness (QED) is 0.426. The van der Waals surface area contributed by atoms with Crippen LogP contribution in [0.4, 0.5) is 4.79 Å². The molecule has 2 saturated carbocycles. The Balaban J connectivity index is 2.00. The highest BCUT2D eigenvalue weighted by atomic mass is 16.6. The van der Waals surface area contributed by atoms with Crippen LogP contribution in [-0.4, -0.2) is 22.7 Å². The first kappa shape index (κ1) is 6.71. The fourth-order valence-corrected chi connectivity index (χ4v) is 3.06. The molecule has 4 nitrogen and oxygen atoms in total. The van der Waals surface area contributed by atoms with Crippen molar-refractivity contribution in [2.75, 3.05) is 0 Å². The third kappa shape index (κ3) is 0.566. The maximum atomic E-state index is 11.1. The van der Waals surface area contributed by atoms with E-state index in [9.17, 15) is 4.79 Å². The maximum absolute atomic E-state index is 11.1. The third-order valence-electron chi connectivity index (χ3n) is 3.61. The zero-order valence-corrected chi connectivity index (χ0v) is 6.82. The van der Waals surface area contributed by atoms with E-state index in [2.05, 4.69) is 0 Å². The second-order valence-electron chi connectivity index (χ2n) is 4.20. The maximum Gasteiger partial charge on any atom is 0.425 e. The molecule has 1 saturated heterocycles. The lowest BCUT2D eigenvalue weighted by atomic mass is 9.92. The number of fused-ring (bicyclic) bond motifs is 1. The smallest absolute Gasteiger partial charge is 0.425 e. The minimum atomic E-state index is -0.333. The fraction of sp³-hybridized carbons (Fsp3) is 0.875. The highest BCUT2D eigenvalue weighted by Crippen LogP contribution is 2.54. The lowest BCUT2D eigenvalue weighted by molar-refractivity contribution is 0.0516. The van der Waals surface area contributed by atoms with Gasteiger partial charge in [-0.3, -0.25) is 0 Å². The Labute approximate surface area is 70.6 Å². The van der Waals surface area contributed by atoms with Gasteiger partial charge in [-0.15, -0.1) is 0 Å². The van der Waals surface area contributed by atoms with E-state index in [0.29, 0.717) is 0 Å². The van der Waals surface area contributed by atoms with E-state index in [4.69, 9.17) is 10.6 Å². The molecule has 2 N–H and O–H groups in total. The Bertz CT molecular complexity index is 255. The van der Waals surface area contributed by atoms with Crippen molar-refractivity contribution >= 4 is 6.09 Å². The van der Waals surface area contributed by atoms with Gasteiger partial charge in [-0.1, -0.05) is 0 Å². The van der Waals surface area contributed by atoms with E-state index in [1.54, 1.807) is 0 Å². The minimum Gasteiger partial charge on any atom is -0.440 e. The predicted octanol–water partition coefficient (Wildman–Crippen LogP) is 0.623. The lowest BCUT2D eigenvalue weighted by Gasteiger charge is -2.26. The van der Waals surface area contributed by atoms with Gasteiger partial charge in [-0.05, 0) is 31.6 Å². The Kier molecular flexibility index (Phi) is 0.987. The molecule has 1 spiro atoms. The zero-order chi connectivity index (χ0) is 8.34. The monoisotopic (exact) mass is 168 g/mol. The zero-order valence-electron chi connectivity index (χ0n) is 6.82. The summed E-state index contributed by atoms with van der Waals surface area (Å²) in [6.45, 7) is 0. The van der Waals surface area contributed by atoms with Crippen LogP contribution in [-0.2, 0) is 4.74 Å². The number of hydrazine groups is 1.